The SMILES string of the molecule is COc1c(C)nn(C)c(=O)c1-c1cc(C)no1. The summed E-state index contributed by atoms with van der Waals surface area (Å²) in [5.74, 6) is 0.815. The molecular weight excluding hydrogens is 222 g/mol. The van der Waals surface area contributed by atoms with Crippen LogP contribution in [-0.4, -0.2) is 22.0 Å². The van der Waals surface area contributed by atoms with Crippen molar-refractivity contribution >= 4 is 0 Å². The van der Waals surface area contributed by atoms with Crippen LogP contribution in [0.3, 0.4) is 0 Å². The summed E-state index contributed by atoms with van der Waals surface area (Å²) in [5.41, 5.74) is 1.41. The molecule has 2 aromatic heterocycles. The molecule has 0 aliphatic heterocycles. The zero-order valence-electron chi connectivity index (χ0n) is 10.1. The van der Waals surface area contributed by atoms with Crippen molar-refractivity contribution in [2.45, 2.75) is 13.8 Å². The first-order chi connectivity index (χ1) is 8.04. The Morgan fingerprint density at radius 1 is 1.41 bits per heavy atom. The van der Waals surface area contributed by atoms with Crippen LogP contribution in [0.1, 0.15) is 11.4 Å². The van der Waals surface area contributed by atoms with Crippen LogP contribution in [0.25, 0.3) is 11.3 Å². The summed E-state index contributed by atoms with van der Waals surface area (Å²) in [7, 11) is 3.08. The van der Waals surface area contributed by atoms with E-state index in [4.69, 9.17) is 9.26 Å². The van der Waals surface area contributed by atoms with E-state index in [1.165, 1.54) is 11.8 Å². The van der Waals surface area contributed by atoms with E-state index in [-0.39, 0.29) is 5.56 Å². The number of hydrogen-bond donors (Lipinski definition) is 0. The molecule has 0 aromatic carbocycles. The Labute approximate surface area is 97.8 Å². The Morgan fingerprint density at radius 3 is 2.65 bits per heavy atom. The molecule has 2 heterocycles. The van der Waals surface area contributed by atoms with Crippen molar-refractivity contribution in [1.29, 1.82) is 0 Å². The average molecular weight is 235 g/mol. The maximum Gasteiger partial charge on any atom is 0.281 e. The van der Waals surface area contributed by atoms with E-state index in [0.717, 1.165) is 0 Å². The maximum absolute atomic E-state index is 12.0. The van der Waals surface area contributed by atoms with Crippen LogP contribution in [0, 0.1) is 13.8 Å². The van der Waals surface area contributed by atoms with Gasteiger partial charge in [-0.2, -0.15) is 5.10 Å². The van der Waals surface area contributed by atoms with Gasteiger partial charge in [-0.05, 0) is 13.8 Å². The van der Waals surface area contributed by atoms with Gasteiger partial charge in [0.15, 0.2) is 11.5 Å². The number of aromatic nitrogens is 3. The van der Waals surface area contributed by atoms with Gasteiger partial charge in [0.25, 0.3) is 5.56 Å². The van der Waals surface area contributed by atoms with Crippen molar-refractivity contribution in [2.75, 3.05) is 7.11 Å². The van der Waals surface area contributed by atoms with Crippen LogP contribution in [-0.2, 0) is 7.05 Å². The summed E-state index contributed by atoms with van der Waals surface area (Å²) in [6.45, 7) is 3.56. The summed E-state index contributed by atoms with van der Waals surface area (Å²) in [6.07, 6.45) is 0. The molecule has 0 spiro atoms. The lowest BCUT2D eigenvalue weighted by molar-refractivity contribution is 0.395. The van der Waals surface area contributed by atoms with Crippen molar-refractivity contribution in [3.63, 3.8) is 0 Å². The van der Waals surface area contributed by atoms with Gasteiger partial charge in [0.1, 0.15) is 11.3 Å². The number of rotatable bonds is 2. The van der Waals surface area contributed by atoms with Crippen LogP contribution in [0.2, 0.25) is 0 Å². The maximum atomic E-state index is 12.0. The molecule has 6 heteroatoms. The Kier molecular flexibility index (Phi) is 2.71. The minimum Gasteiger partial charge on any atom is -0.494 e. The Balaban J connectivity index is 2.79. The van der Waals surface area contributed by atoms with E-state index in [1.54, 1.807) is 27.0 Å². The first-order valence-corrected chi connectivity index (χ1v) is 5.10. The molecule has 0 aliphatic rings. The van der Waals surface area contributed by atoms with E-state index < -0.39 is 0 Å². The molecule has 0 atom stereocenters. The van der Waals surface area contributed by atoms with Crippen LogP contribution < -0.4 is 10.3 Å². The molecule has 2 aromatic rings. The molecule has 0 aliphatic carbocycles. The Hall–Kier alpha value is -2.11. The topological polar surface area (TPSA) is 70.2 Å². The first-order valence-electron chi connectivity index (χ1n) is 5.10. The molecule has 0 radical (unpaired) electrons. The standard InChI is InChI=1S/C11H13N3O3/c1-6-5-8(17-13-6)9-10(16-4)7(2)12-14(3)11(9)15/h5H,1-4H3. The van der Waals surface area contributed by atoms with Gasteiger partial charge in [-0.25, -0.2) is 4.68 Å². The van der Waals surface area contributed by atoms with Crippen molar-refractivity contribution in [2.24, 2.45) is 7.05 Å². The van der Waals surface area contributed by atoms with Gasteiger partial charge in [-0.3, -0.25) is 4.79 Å². The largest absolute Gasteiger partial charge is 0.494 e. The normalized spacial score (nSPS) is 10.6. The van der Waals surface area contributed by atoms with Gasteiger partial charge in [0, 0.05) is 13.1 Å². The van der Waals surface area contributed by atoms with E-state index in [0.29, 0.717) is 28.5 Å². The second kappa shape index (κ2) is 4.04. The fraction of sp³-hybridized carbons (Fsp3) is 0.364. The molecule has 0 unspecified atom stereocenters. The predicted molar refractivity (Wildman–Crippen MR) is 61.0 cm³/mol. The third kappa shape index (κ3) is 1.82. The summed E-state index contributed by atoms with van der Waals surface area (Å²) in [5, 5.41) is 7.82. The highest BCUT2D eigenvalue weighted by Gasteiger charge is 2.19. The lowest BCUT2D eigenvalue weighted by Gasteiger charge is -2.09. The molecule has 6 nitrogen and oxygen atoms in total. The van der Waals surface area contributed by atoms with E-state index in [2.05, 4.69) is 10.3 Å². The zero-order chi connectivity index (χ0) is 12.6. The van der Waals surface area contributed by atoms with Gasteiger partial charge in [0.05, 0.1) is 12.8 Å². The lowest BCUT2D eigenvalue weighted by atomic mass is 10.1. The smallest absolute Gasteiger partial charge is 0.281 e. The summed E-state index contributed by atoms with van der Waals surface area (Å²) < 4.78 is 11.6. The van der Waals surface area contributed by atoms with Crippen LogP contribution in [0.15, 0.2) is 15.4 Å². The van der Waals surface area contributed by atoms with E-state index >= 15 is 0 Å². The predicted octanol–water partition coefficient (Wildman–Crippen LogP) is 1.06. The van der Waals surface area contributed by atoms with Gasteiger partial charge >= 0.3 is 0 Å². The number of aryl methyl sites for hydroxylation is 3. The van der Waals surface area contributed by atoms with Crippen LogP contribution in [0.5, 0.6) is 5.75 Å². The average Bonchev–Trinajstić information content (AvgIpc) is 2.69. The molecule has 0 saturated heterocycles. The fourth-order valence-corrected chi connectivity index (χ4v) is 1.70. The molecular formula is C11H13N3O3. The summed E-state index contributed by atoms with van der Waals surface area (Å²) in [6, 6.07) is 1.69. The number of nitrogens with zero attached hydrogens (tertiary/aromatic N) is 3. The van der Waals surface area contributed by atoms with E-state index in [9.17, 15) is 4.79 Å². The minimum atomic E-state index is -0.274. The monoisotopic (exact) mass is 235 g/mol. The molecule has 0 fully saturated rings. The van der Waals surface area contributed by atoms with Crippen molar-refractivity contribution < 1.29 is 9.26 Å². The molecule has 17 heavy (non-hydrogen) atoms. The number of ether oxygens (including phenoxy) is 1. The summed E-state index contributed by atoms with van der Waals surface area (Å²) >= 11 is 0. The van der Waals surface area contributed by atoms with Crippen molar-refractivity contribution in [3.05, 3.63) is 27.8 Å². The van der Waals surface area contributed by atoms with Crippen molar-refractivity contribution in [1.82, 2.24) is 14.9 Å². The zero-order valence-corrected chi connectivity index (χ0v) is 10.1. The van der Waals surface area contributed by atoms with Crippen molar-refractivity contribution in [3.8, 4) is 17.1 Å². The van der Waals surface area contributed by atoms with Gasteiger partial charge < -0.3 is 9.26 Å². The lowest BCUT2D eigenvalue weighted by Crippen LogP contribution is -2.23. The second-order valence-corrected chi connectivity index (χ2v) is 3.75. The highest BCUT2D eigenvalue weighted by molar-refractivity contribution is 5.65. The van der Waals surface area contributed by atoms with E-state index in [1.807, 2.05) is 0 Å². The summed E-state index contributed by atoms with van der Waals surface area (Å²) in [4.78, 5) is 12.0. The Bertz CT molecular complexity index is 613. The third-order valence-corrected chi connectivity index (χ3v) is 2.44. The second-order valence-electron chi connectivity index (χ2n) is 3.75. The fourth-order valence-electron chi connectivity index (χ4n) is 1.70. The Morgan fingerprint density at radius 2 is 2.12 bits per heavy atom. The van der Waals surface area contributed by atoms with Gasteiger partial charge in [-0.15, -0.1) is 0 Å². The first kappa shape index (κ1) is 11.4. The van der Waals surface area contributed by atoms with Gasteiger partial charge in [0.2, 0.25) is 0 Å². The molecule has 2 rings (SSSR count). The molecule has 0 N–H and O–H groups in total. The number of methoxy groups -OCH3 is 1. The van der Waals surface area contributed by atoms with Crippen LogP contribution >= 0.6 is 0 Å². The third-order valence-electron chi connectivity index (χ3n) is 2.44. The number of hydrogen-bond acceptors (Lipinski definition) is 5. The minimum absolute atomic E-state index is 0.274. The molecule has 0 saturated carbocycles. The molecule has 0 bridgehead atoms. The van der Waals surface area contributed by atoms with Crippen LogP contribution in [0.4, 0.5) is 0 Å². The van der Waals surface area contributed by atoms with Gasteiger partial charge in [-0.1, -0.05) is 5.16 Å². The quantitative estimate of drug-likeness (QED) is 0.778. The highest BCUT2D eigenvalue weighted by atomic mass is 16.5. The highest BCUT2D eigenvalue weighted by Crippen LogP contribution is 2.28. The molecule has 90 valence electrons. The molecule has 0 amide bonds.